The van der Waals surface area contributed by atoms with Gasteiger partial charge in [-0.05, 0) is 29.8 Å². The highest BCUT2D eigenvalue weighted by molar-refractivity contribution is 6.42. The van der Waals surface area contributed by atoms with E-state index in [9.17, 15) is 0 Å². The molecule has 0 saturated carbocycles. The third-order valence-electron chi connectivity index (χ3n) is 2.54. The van der Waals surface area contributed by atoms with E-state index in [0.29, 0.717) is 33.7 Å². The first-order valence-electron chi connectivity index (χ1n) is 5.50. The average Bonchev–Trinajstić information content (AvgIpc) is 2.44. The number of hydrogen-bond acceptors (Lipinski definition) is 3. The van der Waals surface area contributed by atoms with Crippen LogP contribution in [-0.4, -0.2) is 0 Å². The van der Waals surface area contributed by atoms with Gasteiger partial charge in [0, 0.05) is 6.54 Å². The number of halogens is 2. The zero-order chi connectivity index (χ0) is 13.8. The molecule has 0 unspecified atom stereocenters. The van der Waals surface area contributed by atoms with Crippen molar-refractivity contribution >= 4 is 23.2 Å². The highest BCUT2D eigenvalue weighted by Gasteiger charge is 2.10. The van der Waals surface area contributed by atoms with E-state index in [0.717, 1.165) is 5.56 Å². The Kier molecular flexibility index (Phi) is 4.28. The largest absolute Gasteiger partial charge is 0.454 e. The van der Waals surface area contributed by atoms with Crippen LogP contribution >= 0.6 is 23.2 Å². The van der Waals surface area contributed by atoms with Crippen molar-refractivity contribution in [3.63, 3.8) is 0 Å². The number of rotatable bonds is 3. The second-order valence-electron chi connectivity index (χ2n) is 3.80. The lowest BCUT2D eigenvalue weighted by Crippen LogP contribution is -1.97. The lowest BCUT2D eigenvalue weighted by molar-refractivity contribution is 0.481. The molecule has 2 rings (SSSR count). The van der Waals surface area contributed by atoms with Crippen molar-refractivity contribution in [1.29, 1.82) is 5.26 Å². The molecule has 0 aliphatic heterocycles. The zero-order valence-electron chi connectivity index (χ0n) is 9.86. The molecular formula is C14H10Cl2N2O. The topological polar surface area (TPSA) is 59.0 Å². The predicted molar refractivity (Wildman–Crippen MR) is 75.6 cm³/mol. The Morgan fingerprint density at radius 2 is 1.95 bits per heavy atom. The number of nitrogens with two attached hydrogens (primary N) is 1. The molecule has 96 valence electrons. The van der Waals surface area contributed by atoms with Crippen LogP contribution in [0.1, 0.15) is 11.1 Å². The fourth-order valence-corrected chi connectivity index (χ4v) is 1.89. The van der Waals surface area contributed by atoms with Gasteiger partial charge in [0.1, 0.15) is 22.6 Å². The van der Waals surface area contributed by atoms with Gasteiger partial charge in [0.15, 0.2) is 0 Å². The summed E-state index contributed by atoms with van der Waals surface area (Å²) in [6.45, 7) is 0.368. The summed E-state index contributed by atoms with van der Waals surface area (Å²) >= 11 is 11.9. The van der Waals surface area contributed by atoms with E-state index in [1.54, 1.807) is 36.4 Å². The van der Waals surface area contributed by atoms with Gasteiger partial charge < -0.3 is 10.5 Å². The number of ether oxygens (including phenoxy) is 1. The second-order valence-corrected chi connectivity index (χ2v) is 4.59. The first kappa shape index (κ1) is 13.7. The first-order chi connectivity index (χ1) is 9.15. The molecule has 0 aliphatic rings. The molecule has 0 saturated heterocycles. The zero-order valence-corrected chi connectivity index (χ0v) is 11.4. The normalized spacial score (nSPS) is 10.0. The Morgan fingerprint density at radius 3 is 2.63 bits per heavy atom. The minimum Gasteiger partial charge on any atom is -0.454 e. The van der Waals surface area contributed by atoms with Gasteiger partial charge in [-0.15, -0.1) is 0 Å². The van der Waals surface area contributed by atoms with Gasteiger partial charge in [-0.25, -0.2) is 0 Å². The Hall–Kier alpha value is -1.73. The summed E-state index contributed by atoms with van der Waals surface area (Å²) in [6.07, 6.45) is 0. The molecule has 0 heterocycles. The van der Waals surface area contributed by atoms with Crippen LogP contribution in [0.4, 0.5) is 0 Å². The summed E-state index contributed by atoms with van der Waals surface area (Å²) in [4.78, 5) is 0. The summed E-state index contributed by atoms with van der Waals surface area (Å²) in [5, 5.41) is 9.83. The van der Waals surface area contributed by atoms with E-state index in [2.05, 4.69) is 6.07 Å². The number of benzene rings is 2. The van der Waals surface area contributed by atoms with Crippen molar-refractivity contribution in [3.8, 4) is 17.6 Å². The molecule has 0 atom stereocenters. The highest BCUT2D eigenvalue weighted by atomic mass is 35.5. The minimum atomic E-state index is 0.316. The van der Waals surface area contributed by atoms with Crippen molar-refractivity contribution in [1.82, 2.24) is 0 Å². The average molecular weight is 293 g/mol. The molecule has 0 fully saturated rings. The van der Waals surface area contributed by atoms with Crippen LogP contribution in [0.5, 0.6) is 11.5 Å². The summed E-state index contributed by atoms with van der Waals surface area (Å²) in [6, 6.07) is 12.3. The number of hydrogen-bond donors (Lipinski definition) is 1. The Bertz CT molecular complexity index is 650. The van der Waals surface area contributed by atoms with Gasteiger partial charge in [0.05, 0.1) is 10.6 Å². The van der Waals surface area contributed by atoms with Crippen molar-refractivity contribution in [2.45, 2.75) is 6.54 Å². The molecule has 0 bridgehead atoms. The molecule has 0 radical (unpaired) electrons. The van der Waals surface area contributed by atoms with Crippen molar-refractivity contribution in [2.24, 2.45) is 5.73 Å². The highest BCUT2D eigenvalue weighted by Crippen LogP contribution is 2.35. The molecule has 3 nitrogen and oxygen atoms in total. The summed E-state index contributed by atoms with van der Waals surface area (Å²) < 4.78 is 5.63. The fourth-order valence-electron chi connectivity index (χ4n) is 1.56. The quantitative estimate of drug-likeness (QED) is 0.926. The number of nitriles is 1. The molecule has 2 N–H and O–H groups in total. The summed E-state index contributed by atoms with van der Waals surface area (Å²) in [5.74, 6) is 0.829. The van der Waals surface area contributed by atoms with Crippen LogP contribution in [0, 0.1) is 11.3 Å². The molecule has 0 aromatic heterocycles. The minimum absolute atomic E-state index is 0.316. The fraction of sp³-hybridized carbons (Fsp3) is 0.0714. The lowest BCUT2D eigenvalue weighted by Gasteiger charge is -2.10. The van der Waals surface area contributed by atoms with Crippen LogP contribution in [0.3, 0.4) is 0 Å². The third kappa shape index (κ3) is 2.99. The van der Waals surface area contributed by atoms with Gasteiger partial charge in [-0.1, -0.05) is 35.3 Å². The van der Waals surface area contributed by atoms with Crippen molar-refractivity contribution < 1.29 is 4.74 Å². The SMILES string of the molecule is N#Cc1cc(CN)ccc1Oc1cccc(Cl)c1Cl. The Morgan fingerprint density at radius 1 is 1.16 bits per heavy atom. The molecule has 19 heavy (non-hydrogen) atoms. The molecule has 0 aliphatic carbocycles. The van der Waals surface area contributed by atoms with Gasteiger partial charge in [0.25, 0.3) is 0 Å². The van der Waals surface area contributed by atoms with Crippen LogP contribution in [0.15, 0.2) is 36.4 Å². The molecule has 5 heteroatoms. The van der Waals surface area contributed by atoms with Crippen molar-refractivity contribution in [2.75, 3.05) is 0 Å². The molecular weight excluding hydrogens is 283 g/mol. The van der Waals surface area contributed by atoms with E-state index in [1.807, 2.05) is 0 Å². The summed E-state index contributed by atoms with van der Waals surface area (Å²) in [5.41, 5.74) is 6.80. The monoisotopic (exact) mass is 292 g/mol. The molecule has 0 spiro atoms. The van der Waals surface area contributed by atoms with Gasteiger partial charge >= 0.3 is 0 Å². The maximum Gasteiger partial charge on any atom is 0.147 e. The van der Waals surface area contributed by atoms with E-state index >= 15 is 0 Å². The molecule has 2 aromatic carbocycles. The molecule has 2 aromatic rings. The van der Waals surface area contributed by atoms with Crippen LogP contribution in [0.2, 0.25) is 10.0 Å². The van der Waals surface area contributed by atoms with Gasteiger partial charge in [-0.3, -0.25) is 0 Å². The Balaban J connectivity index is 2.39. The first-order valence-corrected chi connectivity index (χ1v) is 6.26. The summed E-state index contributed by atoms with van der Waals surface area (Å²) in [7, 11) is 0. The van der Waals surface area contributed by atoms with E-state index < -0.39 is 0 Å². The van der Waals surface area contributed by atoms with Crippen LogP contribution in [0.25, 0.3) is 0 Å². The second kappa shape index (κ2) is 5.94. The van der Waals surface area contributed by atoms with Gasteiger partial charge in [0.2, 0.25) is 0 Å². The van der Waals surface area contributed by atoms with E-state index in [-0.39, 0.29) is 0 Å². The maximum atomic E-state index is 9.11. The lowest BCUT2D eigenvalue weighted by atomic mass is 10.1. The van der Waals surface area contributed by atoms with E-state index in [4.69, 9.17) is 38.9 Å². The standard InChI is InChI=1S/C14H10Cl2N2O/c15-11-2-1-3-13(14(11)16)19-12-5-4-9(7-17)6-10(12)8-18/h1-6H,7,17H2. The van der Waals surface area contributed by atoms with E-state index in [1.165, 1.54) is 0 Å². The Labute approximate surface area is 121 Å². The van der Waals surface area contributed by atoms with Gasteiger partial charge in [-0.2, -0.15) is 5.26 Å². The van der Waals surface area contributed by atoms with Crippen molar-refractivity contribution in [3.05, 3.63) is 57.6 Å². The van der Waals surface area contributed by atoms with Crippen LogP contribution in [-0.2, 0) is 6.54 Å². The smallest absolute Gasteiger partial charge is 0.147 e. The third-order valence-corrected chi connectivity index (χ3v) is 3.34. The molecule has 0 amide bonds. The number of nitrogens with zero attached hydrogens (tertiary/aromatic N) is 1. The predicted octanol–water partition coefficient (Wildman–Crippen LogP) is 4.12. The van der Waals surface area contributed by atoms with Crippen LogP contribution < -0.4 is 10.5 Å². The maximum absolute atomic E-state index is 9.11.